The Morgan fingerprint density at radius 3 is 2.06 bits per heavy atom. The number of imidazole rings is 1. The van der Waals surface area contributed by atoms with Crippen LogP contribution in [-0.4, -0.2) is 9.13 Å². The molecule has 0 N–H and O–H groups in total. The van der Waals surface area contributed by atoms with Crippen LogP contribution in [0.5, 0.6) is 0 Å². The van der Waals surface area contributed by atoms with Crippen molar-refractivity contribution >= 4 is 27.3 Å². The van der Waals surface area contributed by atoms with Crippen molar-refractivity contribution in [3.63, 3.8) is 0 Å². The third kappa shape index (κ3) is 2.84. The van der Waals surface area contributed by atoms with Gasteiger partial charge >= 0.3 is 0 Å². The number of para-hydroxylation sites is 2. The zero-order chi connectivity index (χ0) is 23.6. The van der Waals surface area contributed by atoms with Crippen LogP contribution in [0, 0.1) is 29.1 Å². The van der Waals surface area contributed by atoms with Crippen molar-refractivity contribution < 1.29 is 26.4 Å². The topological polar surface area (TPSA) is 14.0 Å². The normalized spacial score (nSPS) is 11.8. The lowest BCUT2D eigenvalue weighted by Crippen LogP contribution is -2.18. The summed E-state index contributed by atoms with van der Waals surface area (Å²) in [5.41, 5.74) is 1.95. The molecule has 34 heavy (non-hydrogen) atoms. The highest BCUT2D eigenvalue weighted by atomic mass is 19.2. The van der Waals surface area contributed by atoms with E-state index in [1.54, 1.807) is 16.7 Å². The summed E-state index contributed by atoms with van der Waals surface area (Å²) in [5, 5.41) is 1.60. The van der Waals surface area contributed by atoms with Gasteiger partial charge in [0.2, 0.25) is 5.82 Å². The average Bonchev–Trinajstić information content (AvgIpc) is 3.44. The number of fused-ring (bicyclic) bond motifs is 5. The van der Waals surface area contributed by atoms with Gasteiger partial charge in [-0.15, -0.1) is 0 Å². The SMILES string of the molecule is Fc1c(F)c(F)c(Cn2c3ccccc3c3cc[n+]4cn(-c5ccccc5)cc4c32)c(F)c1F. The minimum absolute atomic E-state index is 0.536. The standard InChI is InChI=1S/C26H15F5N3/c27-21-18(22(28)24(30)25(31)23(21)29)12-34-19-9-5-4-8-16(19)17-10-11-32-14-33(13-20(32)26(17)34)15-6-2-1-3-7-15/h1-11,13-14H,12H2/q+1. The van der Waals surface area contributed by atoms with Gasteiger partial charge in [0.15, 0.2) is 28.8 Å². The molecule has 0 fully saturated rings. The fourth-order valence-corrected chi connectivity index (χ4v) is 4.51. The van der Waals surface area contributed by atoms with Gasteiger partial charge < -0.3 is 4.57 Å². The summed E-state index contributed by atoms with van der Waals surface area (Å²) in [6, 6.07) is 18.6. The third-order valence-electron chi connectivity index (χ3n) is 6.11. The van der Waals surface area contributed by atoms with Gasteiger partial charge in [0.25, 0.3) is 6.33 Å². The second kappa shape index (κ2) is 7.41. The van der Waals surface area contributed by atoms with Crippen LogP contribution in [0.3, 0.4) is 0 Å². The molecular weight excluding hydrogens is 449 g/mol. The summed E-state index contributed by atoms with van der Waals surface area (Å²) < 4.78 is 76.0. The number of aromatic nitrogens is 3. The van der Waals surface area contributed by atoms with E-state index in [9.17, 15) is 22.0 Å². The molecule has 0 atom stereocenters. The quantitative estimate of drug-likeness (QED) is 0.131. The highest BCUT2D eigenvalue weighted by Gasteiger charge is 2.27. The number of nitrogens with zero attached hydrogens (tertiary/aromatic N) is 3. The molecule has 3 nitrogen and oxygen atoms in total. The second-order valence-electron chi connectivity index (χ2n) is 8.01. The first kappa shape index (κ1) is 20.4. The van der Waals surface area contributed by atoms with Crippen LogP contribution >= 0.6 is 0 Å². The van der Waals surface area contributed by atoms with Crippen molar-refractivity contribution in [2.45, 2.75) is 6.54 Å². The fourth-order valence-electron chi connectivity index (χ4n) is 4.51. The summed E-state index contributed by atoms with van der Waals surface area (Å²) in [4.78, 5) is 0. The first-order chi connectivity index (χ1) is 16.5. The van der Waals surface area contributed by atoms with Gasteiger partial charge in [-0.05, 0) is 24.3 Å². The summed E-state index contributed by atoms with van der Waals surface area (Å²) in [7, 11) is 0. The van der Waals surface area contributed by atoms with Crippen LogP contribution in [0.1, 0.15) is 5.56 Å². The highest BCUT2D eigenvalue weighted by molar-refractivity contribution is 6.11. The Morgan fingerprint density at radius 2 is 1.32 bits per heavy atom. The Morgan fingerprint density at radius 1 is 0.676 bits per heavy atom. The monoisotopic (exact) mass is 464 g/mol. The Balaban J connectivity index is 1.67. The number of halogens is 5. The molecule has 0 saturated heterocycles. The molecule has 0 aliphatic heterocycles. The van der Waals surface area contributed by atoms with E-state index in [1.807, 2.05) is 76.2 Å². The maximum atomic E-state index is 14.6. The first-order valence-electron chi connectivity index (χ1n) is 10.4. The summed E-state index contributed by atoms with van der Waals surface area (Å²) in [5.74, 6) is -9.74. The predicted molar refractivity (Wildman–Crippen MR) is 117 cm³/mol. The van der Waals surface area contributed by atoms with Crippen LogP contribution in [-0.2, 0) is 6.54 Å². The Kier molecular flexibility index (Phi) is 4.45. The smallest absolute Gasteiger partial charge is 0.254 e. The molecule has 6 rings (SSSR count). The van der Waals surface area contributed by atoms with Crippen molar-refractivity contribution in [2.75, 3.05) is 0 Å². The molecule has 168 valence electrons. The van der Waals surface area contributed by atoms with Gasteiger partial charge in [-0.2, -0.15) is 0 Å². The average molecular weight is 464 g/mol. The summed E-state index contributed by atoms with van der Waals surface area (Å²) >= 11 is 0. The van der Waals surface area contributed by atoms with E-state index in [-0.39, 0.29) is 0 Å². The number of benzene rings is 3. The van der Waals surface area contributed by atoms with Gasteiger partial charge in [0.05, 0.1) is 12.7 Å². The van der Waals surface area contributed by atoms with Crippen LogP contribution < -0.4 is 4.40 Å². The van der Waals surface area contributed by atoms with Crippen LogP contribution in [0.2, 0.25) is 0 Å². The Labute approximate surface area is 189 Å². The molecule has 8 heteroatoms. The molecule has 3 heterocycles. The highest BCUT2D eigenvalue weighted by Crippen LogP contribution is 2.33. The molecule has 0 aliphatic rings. The van der Waals surface area contributed by atoms with E-state index in [0.717, 1.165) is 16.5 Å². The minimum atomic E-state index is -2.17. The number of hydrogen-bond acceptors (Lipinski definition) is 0. The molecule has 3 aromatic carbocycles. The maximum Gasteiger partial charge on any atom is 0.254 e. The lowest BCUT2D eigenvalue weighted by molar-refractivity contribution is -0.510. The van der Waals surface area contributed by atoms with Crippen molar-refractivity contribution in [3.05, 3.63) is 114 Å². The fraction of sp³-hybridized carbons (Fsp3) is 0.0385. The molecule has 0 saturated carbocycles. The molecule has 0 aliphatic carbocycles. The molecule has 0 radical (unpaired) electrons. The third-order valence-corrected chi connectivity index (χ3v) is 6.11. The van der Waals surface area contributed by atoms with E-state index >= 15 is 0 Å². The minimum Gasteiger partial charge on any atom is -0.332 e. The Hall–Kier alpha value is -4.20. The molecule has 0 amide bonds. The van der Waals surface area contributed by atoms with E-state index < -0.39 is 41.2 Å². The van der Waals surface area contributed by atoms with Gasteiger partial charge in [-0.25, -0.2) is 30.9 Å². The zero-order valence-corrected chi connectivity index (χ0v) is 17.4. The Bertz CT molecular complexity index is 1710. The summed E-state index contributed by atoms with van der Waals surface area (Å²) in [6.45, 7) is -0.536. The van der Waals surface area contributed by atoms with E-state index in [0.29, 0.717) is 16.6 Å². The number of hydrogen-bond donors (Lipinski definition) is 0. The lowest BCUT2D eigenvalue weighted by atomic mass is 10.1. The van der Waals surface area contributed by atoms with Crippen LogP contribution in [0.25, 0.3) is 33.0 Å². The molecule has 0 spiro atoms. The first-order valence-corrected chi connectivity index (χ1v) is 10.4. The zero-order valence-electron chi connectivity index (χ0n) is 17.4. The van der Waals surface area contributed by atoms with Gasteiger partial charge in [-0.3, -0.25) is 0 Å². The van der Waals surface area contributed by atoms with Crippen molar-refractivity contribution in [2.24, 2.45) is 0 Å². The largest absolute Gasteiger partial charge is 0.332 e. The van der Waals surface area contributed by atoms with Crippen molar-refractivity contribution in [1.29, 1.82) is 0 Å². The molecule has 0 unspecified atom stereocenters. The van der Waals surface area contributed by atoms with Crippen LogP contribution in [0.15, 0.2) is 79.4 Å². The molecule has 3 aromatic heterocycles. The maximum absolute atomic E-state index is 14.6. The lowest BCUT2D eigenvalue weighted by Gasteiger charge is -2.11. The van der Waals surface area contributed by atoms with Crippen LogP contribution in [0.4, 0.5) is 22.0 Å². The predicted octanol–water partition coefficient (Wildman–Crippen LogP) is 6.07. The molecule has 0 bridgehead atoms. The van der Waals surface area contributed by atoms with Gasteiger partial charge in [-0.1, -0.05) is 36.4 Å². The van der Waals surface area contributed by atoms with E-state index in [1.165, 1.54) is 0 Å². The number of rotatable bonds is 3. The molecule has 6 aromatic rings. The van der Waals surface area contributed by atoms with E-state index in [4.69, 9.17) is 0 Å². The summed E-state index contributed by atoms with van der Waals surface area (Å²) in [6.07, 6.45) is 5.59. The van der Waals surface area contributed by atoms with Gasteiger partial charge in [0.1, 0.15) is 17.4 Å². The second-order valence-corrected chi connectivity index (χ2v) is 8.01. The van der Waals surface area contributed by atoms with Gasteiger partial charge in [0, 0.05) is 21.9 Å². The van der Waals surface area contributed by atoms with Crippen molar-refractivity contribution in [3.8, 4) is 5.69 Å². The molecular formula is C26H15F5N3+. The van der Waals surface area contributed by atoms with Crippen molar-refractivity contribution in [1.82, 2.24) is 9.13 Å². The number of pyridine rings is 1. The van der Waals surface area contributed by atoms with E-state index in [2.05, 4.69) is 0 Å².